The lowest BCUT2D eigenvalue weighted by molar-refractivity contribution is 1.26. The molecule has 0 saturated heterocycles. The minimum atomic E-state index is 0.247. The molecule has 0 heterocycles. The largest absolute Gasteiger partial charge is 0.102 e. The predicted octanol–water partition coefficient (Wildman–Crippen LogP) is 3.95. The van der Waals surface area contributed by atoms with E-state index >= 15 is 0 Å². The molecular formula is C11H11Br. The van der Waals surface area contributed by atoms with Crippen molar-refractivity contribution >= 4 is 22.0 Å². The molecule has 0 spiro atoms. The molecule has 0 radical (unpaired) electrons. The minimum absolute atomic E-state index is 0.247. The van der Waals surface area contributed by atoms with Gasteiger partial charge in [-0.3, -0.25) is 0 Å². The second-order valence-electron chi connectivity index (χ2n) is 2.51. The lowest BCUT2D eigenvalue weighted by atomic mass is 10.1. The van der Waals surface area contributed by atoms with Crippen molar-refractivity contribution in [3.63, 3.8) is 0 Å². The summed E-state index contributed by atoms with van der Waals surface area (Å²) in [6.07, 6.45) is 3.70. The van der Waals surface area contributed by atoms with Crippen LogP contribution in [-0.2, 0) is 0 Å². The molecule has 1 aromatic rings. The molecule has 62 valence electrons. The number of hydrogen-bond acceptors (Lipinski definition) is 0. The Balaban J connectivity index is 2.91. The molecule has 1 heteroatoms. The molecule has 1 unspecified atom stereocenters. The van der Waals surface area contributed by atoms with Crippen molar-refractivity contribution in [1.82, 2.24) is 0 Å². The number of rotatable bonds is 3. The Hall–Kier alpha value is -0.820. The van der Waals surface area contributed by atoms with Crippen LogP contribution in [0.5, 0.6) is 0 Å². The maximum atomic E-state index is 3.71. The summed E-state index contributed by atoms with van der Waals surface area (Å²) in [5, 5.41) is 0. The Morgan fingerprint density at radius 3 is 2.17 bits per heavy atom. The summed E-state index contributed by atoms with van der Waals surface area (Å²) in [6.45, 7) is 7.41. The first-order chi connectivity index (χ1) is 5.77. The number of benzene rings is 1. The Morgan fingerprint density at radius 1 is 1.17 bits per heavy atom. The van der Waals surface area contributed by atoms with Crippen molar-refractivity contribution in [2.75, 3.05) is 0 Å². The van der Waals surface area contributed by atoms with Crippen LogP contribution in [0, 0.1) is 0 Å². The van der Waals surface area contributed by atoms with Gasteiger partial charge in [-0.1, -0.05) is 58.9 Å². The summed E-state index contributed by atoms with van der Waals surface area (Å²) < 4.78 is 0. The average Bonchev–Trinajstić information content (AvgIpc) is 2.17. The fourth-order valence-electron chi connectivity index (χ4n) is 0.952. The highest BCUT2D eigenvalue weighted by Crippen LogP contribution is 2.23. The molecule has 0 aromatic heterocycles. The Bertz CT molecular complexity index is 272. The van der Waals surface area contributed by atoms with Crippen LogP contribution >= 0.6 is 15.9 Å². The van der Waals surface area contributed by atoms with Gasteiger partial charge in [0.05, 0.1) is 4.83 Å². The van der Waals surface area contributed by atoms with Gasteiger partial charge in [0.2, 0.25) is 0 Å². The smallest absolute Gasteiger partial charge is 0.0572 e. The van der Waals surface area contributed by atoms with Gasteiger partial charge < -0.3 is 0 Å². The van der Waals surface area contributed by atoms with Gasteiger partial charge in [-0.15, -0.1) is 6.58 Å². The summed E-state index contributed by atoms with van der Waals surface area (Å²) in [5.41, 5.74) is 2.36. The van der Waals surface area contributed by atoms with E-state index in [1.165, 1.54) is 5.56 Å². The van der Waals surface area contributed by atoms with E-state index in [-0.39, 0.29) is 4.83 Å². The van der Waals surface area contributed by atoms with E-state index in [4.69, 9.17) is 0 Å². The van der Waals surface area contributed by atoms with Crippen molar-refractivity contribution in [2.45, 2.75) is 4.83 Å². The third kappa shape index (κ3) is 2.08. The second kappa shape index (κ2) is 4.27. The van der Waals surface area contributed by atoms with E-state index in [0.29, 0.717) is 0 Å². The van der Waals surface area contributed by atoms with Crippen LogP contribution in [0.3, 0.4) is 0 Å². The van der Waals surface area contributed by atoms with Crippen LogP contribution in [0.15, 0.2) is 43.5 Å². The fraction of sp³-hybridized carbons (Fsp3) is 0.0909. The highest BCUT2D eigenvalue weighted by atomic mass is 79.9. The van der Waals surface area contributed by atoms with Crippen LogP contribution in [0.2, 0.25) is 0 Å². The molecule has 0 aliphatic rings. The molecule has 0 N–H and O–H groups in total. The van der Waals surface area contributed by atoms with E-state index in [0.717, 1.165) is 5.56 Å². The monoisotopic (exact) mass is 222 g/mol. The molecule has 0 fully saturated rings. The predicted molar refractivity (Wildman–Crippen MR) is 58.4 cm³/mol. The zero-order valence-corrected chi connectivity index (χ0v) is 8.42. The molecule has 1 aromatic carbocycles. The molecule has 0 saturated carbocycles. The number of alkyl halides is 1. The molecule has 12 heavy (non-hydrogen) atoms. The van der Waals surface area contributed by atoms with Gasteiger partial charge in [0, 0.05) is 0 Å². The first-order valence-electron chi connectivity index (χ1n) is 3.77. The van der Waals surface area contributed by atoms with Crippen molar-refractivity contribution < 1.29 is 0 Å². The standard InChI is InChI=1S/C11H11Br/c1-3-9-5-7-10(8-6-9)11(12)4-2/h3-8,11H,1-2H2. The van der Waals surface area contributed by atoms with Crippen LogP contribution < -0.4 is 0 Å². The number of hydrogen-bond donors (Lipinski definition) is 0. The van der Waals surface area contributed by atoms with Crippen LogP contribution in [-0.4, -0.2) is 0 Å². The van der Waals surface area contributed by atoms with E-state index in [2.05, 4.69) is 41.2 Å². The molecule has 0 nitrogen and oxygen atoms in total. The Labute approximate surface area is 81.7 Å². The minimum Gasteiger partial charge on any atom is -0.102 e. The summed E-state index contributed by atoms with van der Waals surface area (Å²) in [4.78, 5) is 0.247. The van der Waals surface area contributed by atoms with E-state index < -0.39 is 0 Å². The fourth-order valence-corrected chi connectivity index (χ4v) is 1.26. The van der Waals surface area contributed by atoms with Gasteiger partial charge in [0.1, 0.15) is 0 Å². The van der Waals surface area contributed by atoms with Gasteiger partial charge in [0.25, 0.3) is 0 Å². The molecular weight excluding hydrogens is 212 g/mol. The first-order valence-corrected chi connectivity index (χ1v) is 4.68. The van der Waals surface area contributed by atoms with Crippen molar-refractivity contribution in [3.8, 4) is 0 Å². The highest BCUT2D eigenvalue weighted by molar-refractivity contribution is 9.09. The molecule has 1 atom stereocenters. The Morgan fingerprint density at radius 2 is 1.75 bits per heavy atom. The van der Waals surface area contributed by atoms with Gasteiger partial charge >= 0.3 is 0 Å². The summed E-state index contributed by atoms with van der Waals surface area (Å²) in [7, 11) is 0. The molecule has 0 bridgehead atoms. The van der Waals surface area contributed by atoms with E-state index in [9.17, 15) is 0 Å². The second-order valence-corrected chi connectivity index (χ2v) is 3.49. The van der Waals surface area contributed by atoms with E-state index in [1.807, 2.05) is 24.3 Å². The molecule has 1 rings (SSSR count). The zero-order valence-electron chi connectivity index (χ0n) is 6.83. The van der Waals surface area contributed by atoms with Gasteiger partial charge in [-0.2, -0.15) is 0 Å². The molecule has 0 aliphatic heterocycles. The highest BCUT2D eigenvalue weighted by Gasteiger charge is 2.00. The van der Waals surface area contributed by atoms with E-state index in [1.54, 1.807) is 0 Å². The normalized spacial score (nSPS) is 12.1. The summed E-state index contributed by atoms with van der Waals surface area (Å²) in [5.74, 6) is 0. The Kier molecular flexibility index (Phi) is 3.30. The third-order valence-electron chi connectivity index (χ3n) is 1.70. The SMILES string of the molecule is C=Cc1ccc(C(Br)C=C)cc1. The third-order valence-corrected chi connectivity index (χ3v) is 2.60. The first kappa shape index (κ1) is 9.27. The van der Waals surface area contributed by atoms with Crippen molar-refractivity contribution in [1.29, 1.82) is 0 Å². The average molecular weight is 223 g/mol. The lowest BCUT2D eigenvalue weighted by Gasteiger charge is -2.03. The van der Waals surface area contributed by atoms with Gasteiger partial charge in [-0.05, 0) is 11.1 Å². The van der Waals surface area contributed by atoms with Crippen LogP contribution in [0.1, 0.15) is 16.0 Å². The summed E-state index contributed by atoms with van der Waals surface area (Å²) >= 11 is 3.49. The molecule has 0 amide bonds. The maximum Gasteiger partial charge on any atom is 0.0572 e. The van der Waals surface area contributed by atoms with Crippen LogP contribution in [0.4, 0.5) is 0 Å². The van der Waals surface area contributed by atoms with Crippen molar-refractivity contribution in [3.05, 3.63) is 54.6 Å². The van der Waals surface area contributed by atoms with Gasteiger partial charge in [-0.25, -0.2) is 0 Å². The summed E-state index contributed by atoms with van der Waals surface area (Å²) in [6, 6.07) is 8.22. The zero-order chi connectivity index (χ0) is 8.97. The quantitative estimate of drug-likeness (QED) is 0.537. The molecule has 0 aliphatic carbocycles. The maximum absolute atomic E-state index is 3.71. The van der Waals surface area contributed by atoms with Crippen molar-refractivity contribution in [2.24, 2.45) is 0 Å². The topological polar surface area (TPSA) is 0 Å². The number of allylic oxidation sites excluding steroid dienone is 1. The van der Waals surface area contributed by atoms with Gasteiger partial charge in [0.15, 0.2) is 0 Å². The number of halogens is 1. The van der Waals surface area contributed by atoms with Crippen LogP contribution in [0.25, 0.3) is 6.08 Å². The lowest BCUT2D eigenvalue weighted by Crippen LogP contribution is -1.83.